The van der Waals surface area contributed by atoms with E-state index in [1.165, 1.54) is 48.5 Å². The Morgan fingerprint density at radius 3 is 1.37 bits per heavy atom. The minimum absolute atomic E-state index is 0.140. The number of non-ortho nitro benzene ring substituents is 2. The molecule has 2 amide bonds. The van der Waals surface area contributed by atoms with Gasteiger partial charge in [0.2, 0.25) is 0 Å². The first-order valence-electron chi connectivity index (χ1n) is 11.2. The van der Waals surface area contributed by atoms with E-state index in [2.05, 4.69) is 11.0 Å². The van der Waals surface area contributed by atoms with Crippen molar-refractivity contribution in [3.63, 3.8) is 0 Å². The van der Waals surface area contributed by atoms with Crippen LogP contribution in [0.15, 0.2) is 48.5 Å². The van der Waals surface area contributed by atoms with Gasteiger partial charge in [-0.3, -0.25) is 0 Å². The first kappa shape index (κ1) is 28.1. The molecule has 13 heteroatoms. The van der Waals surface area contributed by atoms with Crippen molar-refractivity contribution in [3.05, 3.63) is 79.9 Å². The van der Waals surface area contributed by atoms with E-state index in [1.54, 1.807) is 0 Å². The van der Waals surface area contributed by atoms with Gasteiger partial charge in [0.1, 0.15) is 0 Å². The van der Waals surface area contributed by atoms with Gasteiger partial charge in [0.15, 0.2) is 0 Å². The fourth-order valence-corrected chi connectivity index (χ4v) is 11.8. The van der Waals surface area contributed by atoms with E-state index in [0.29, 0.717) is 8.87 Å². The quantitative estimate of drug-likeness (QED) is 0.182. The van der Waals surface area contributed by atoms with Crippen LogP contribution in [0.1, 0.15) is 60.2 Å². The van der Waals surface area contributed by atoms with Crippen LogP contribution in [0.5, 0.6) is 0 Å². The summed E-state index contributed by atoms with van der Waals surface area (Å²) in [6, 6.07) is 10.2. The molecule has 0 spiro atoms. The van der Waals surface area contributed by atoms with Gasteiger partial charge in [-0.2, -0.15) is 0 Å². The molecule has 0 aromatic heterocycles. The first-order chi connectivity index (χ1) is 16.7. The van der Waals surface area contributed by atoms with E-state index >= 15 is 0 Å². The molecule has 12 nitrogen and oxygen atoms in total. The Hall–Kier alpha value is -3.10. The second-order valence-corrected chi connectivity index (χ2v) is 17.0. The zero-order chi connectivity index (χ0) is 25.8. The molecule has 2 rings (SSSR count). The molecule has 2 aromatic rings. The molecule has 0 heterocycles. The van der Waals surface area contributed by atoms with Crippen molar-refractivity contribution in [1.82, 2.24) is 11.0 Å². The van der Waals surface area contributed by atoms with Gasteiger partial charge in [0.05, 0.1) is 0 Å². The van der Waals surface area contributed by atoms with Crippen LogP contribution in [-0.2, 0) is 6.35 Å². The fourth-order valence-electron chi connectivity index (χ4n) is 3.11. The van der Waals surface area contributed by atoms with E-state index in [0.717, 1.165) is 25.7 Å². The number of benzene rings is 2. The summed E-state index contributed by atoms with van der Waals surface area (Å²) >= 11 is -4.08. The van der Waals surface area contributed by atoms with Crippen molar-refractivity contribution in [2.45, 2.75) is 48.4 Å². The molecule has 0 aliphatic heterocycles. The molecule has 2 aromatic carbocycles. The number of unbranched alkanes of at least 4 members (excludes halogenated alkanes) is 2. The molecule has 0 fully saturated rings. The van der Waals surface area contributed by atoms with Gasteiger partial charge in [-0.25, -0.2) is 0 Å². The van der Waals surface area contributed by atoms with Crippen molar-refractivity contribution >= 4 is 42.4 Å². The van der Waals surface area contributed by atoms with Crippen molar-refractivity contribution in [2.24, 2.45) is 0 Å². The summed E-state index contributed by atoms with van der Waals surface area (Å²) in [4.78, 5) is 45.7. The minimum atomic E-state index is -4.08. The Labute approximate surface area is 207 Å². The van der Waals surface area contributed by atoms with Crippen LogP contribution in [0.4, 0.5) is 11.4 Å². The molecule has 0 aliphatic rings. The third-order valence-corrected chi connectivity index (χ3v) is 14.2. The number of nitrogens with one attached hydrogen (secondary N) is 2. The summed E-state index contributed by atoms with van der Waals surface area (Å²) in [7, 11) is 0. The average molecular weight is 595 g/mol. The Morgan fingerprint density at radius 1 is 0.743 bits per heavy atom. The number of hydrogen-bond donors (Lipinski definition) is 2. The molecule has 35 heavy (non-hydrogen) atoms. The number of rotatable bonds is 14. The van der Waals surface area contributed by atoms with Crippen LogP contribution < -0.4 is 11.0 Å². The van der Waals surface area contributed by atoms with Gasteiger partial charge in [-0.15, -0.1) is 0 Å². The molecule has 0 unspecified atom stereocenters. The van der Waals surface area contributed by atoms with E-state index < -0.39 is 40.9 Å². The number of amides is 2. The van der Waals surface area contributed by atoms with E-state index in [9.17, 15) is 29.8 Å². The van der Waals surface area contributed by atoms with Crippen LogP contribution in [0.2, 0.25) is 8.87 Å². The standard InChI is InChI=1S/2C7H5N2O4.2C4H9.Sn/c2*10-7(8-11)5-1-3-6(4-2-5)9(12)13;2*1-3-4-2;/h2*1-4H,(H-,8,10,11);2*1,3-4H2,2H3;/q2*-1;;;+2. The van der Waals surface area contributed by atoms with Crippen LogP contribution in [-0.4, -0.2) is 40.9 Å². The predicted octanol–water partition coefficient (Wildman–Crippen LogP) is 4.57. The van der Waals surface area contributed by atoms with Crippen LogP contribution >= 0.6 is 0 Å². The summed E-state index contributed by atoms with van der Waals surface area (Å²) in [6.45, 7) is 4.00. The van der Waals surface area contributed by atoms with E-state index in [4.69, 9.17) is 6.35 Å². The molecule has 0 saturated heterocycles. The van der Waals surface area contributed by atoms with E-state index in [-0.39, 0.29) is 22.5 Å². The van der Waals surface area contributed by atoms with Gasteiger partial charge in [0, 0.05) is 0 Å². The monoisotopic (exact) mass is 596 g/mol. The zero-order valence-corrected chi connectivity index (χ0v) is 22.4. The first-order valence-corrected chi connectivity index (χ1v) is 17.5. The number of hydroxylamine groups is 2. The number of carbonyl (C=O) groups excluding carboxylic acids is 2. The van der Waals surface area contributed by atoms with Crippen molar-refractivity contribution < 1.29 is 25.8 Å². The van der Waals surface area contributed by atoms with Gasteiger partial charge < -0.3 is 0 Å². The van der Waals surface area contributed by atoms with Crippen molar-refractivity contribution in [3.8, 4) is 0 Å². The predicted molar refractivity (Wildman–Crippen MR) is 128 cm³/mol. The molecular weight excluding hydrogens is 567 g/mol. The summed E-state index contributed by atoms with van der Waals surface area (Å²) in [5.41, 5.74) is 4.92. The Bertz CT molecular complexity index is 947. The molecule has 188 valence electrons. The third-order valence-electron chi connectivity index (χ3n) is 5.16. The van der Waals surface area contributed by atoms with Gasteiger partial charge in [-0.05, 0) is 0 Å². The second-order valence-electron chi connectivity index (χ2n) is 7.79. The Balaban J connectivity index is 2.14. The molecule has 0 bridgehead atoms. The number of nitrogens with zero attached hydrogens (tertiary/aromatic N) is 2. The maximum absolute atomic E-state index is 12.6. The Morgan fingerprint density at radius 2 is 1.09 bits per heavy atom. The Kier molecular flexibility index (Phi) is 11.0. The maximum atomic E-state index is 12.6. The van der Waals surface area contributed by atoms with Gasteiger partial charge in [-0.1, -0.05) is 0 Å². The molecular formula is C22H28N4O8Sn. The van der Waals surface area contributed by atoms with Crippen LogP contribution in [0.25, 0.3) is 0 Å². The summed E-state index contributed by atoms with van der Waals surface area (Å²) < 4.78 is 13.0. The summed E-state index contributed by atoms with van der Waals surface area (Å²) in [5, 5.41) is 21.6. The second kappa shape index (κ2) is 13.7. The summed E-state index contributed by atoms with van der Waals surface area (Å²) in [6.07, 6.45) is 3.23. The fraction of sp³-hybridized carbons (Fsp3) is 0.364. The summed E-state index contributed by atoms with van der Waals surface area (Å²) in [5.74, 6) is -1.17. The topological polar surface area (TPSA) is 163 Å². The van der Waals surface area contributed by atoms with E-state index in [1.807, 2.05) is 13.8 Å². The normalized spacial score (nSPS) is 11.0. The number of nitro benzene ring substituents is 2. The molecule has 0 radical (unpaired) electrons. The van der Waals surface area contributed by atoms with Crippen molar-refractivity contribution in [2.75, 3.05) is 0 Å². The van der Waals surface area contributed by atoms with Crippen molar-refractivity contribution in [1.29, 1.82) is 0 Å². The number of carbonyl (C=O) groups is 2. The van der Waals surface area contributed by atoms with Gasteiger partial charge in [0.25, 0.3) is 0 Å². The van der Waals surface area contributed by atoms with Gasteiger partial charge >= 0.3 is 207 Å². The van der Waals surface area contributed by atoms with Crippen LogP contribution in [0.3, 0.4) is 0 Å². The number of hydrogen-bond acceptors (Lipinski definition) is 8. The SMILES string of the molecule is CCC[CH2][Sn]([CH2]CCC)([O]NC(=O)c1ccc([N+](=O)[O-])cc1)[O]NC(=O)c1ccc([N+](=O)[O-])cc1. The van der Waals surface area contributed by atoms with Crippen LogP contribution in [0, 0.1) is 20.2 Å². The molecule has 2 N–H and O–H groups in total. The molecule has 0 atom stereocenters. The number of nitro groups is 2. The third kappa shape index (κ3) is 8.56. The molecule has 0 saturated carbocycles. The molecule has 0 aliphatic carbocycles. The zero-order valence-electron chi connectivity index (χ0n) is 19.5. The average Bonchev–Trinajstić information content (AvgIpc) is 2.87.